The maximum Gasteiger partial charge on any atom is 0.244 e. The number of hydrogen-bond acceptors (Lipinski definition) is 3. The van der Waals surface area contributed by atoms with Crippen molar-refractivity contribution in [3.8, 4) is 0 Å². The van der Waals surface area contributed by atoms with E-state index in [1.807, 2.05) is 13.8 Å². The van der Waals surface area contributed by atoms with Gasteiger partial charge in [0.15, 0.2) is 0 Å². The molecule has 1 aromatic carbocycles. The van der Waals surface area contributed by atoms with Crippen LogP contribution in [0.3, 0.4) is 0 Å². The first kappa shape index (κ1) is 18.6. The van der Waals surface area contributed by atoms with E-state index in [0.717, 1.165) is 8.78 Å². The Hall–Kier alpha value is -0.440. The highest BCUT2D eigenvalue weighted by molar-refractivity contribution is 9.11. The normalized spacial score (nSPS) is 11.7. The van der Waals surface area contributed by atoms with Crippen LogP contribution in [0.25, 0.3) is 0 Å². The minimum absolute atomic E-state index is 0.139. The van der Waals surface area contributed by atoms with Crippen molar-refractivity contribution in [3.05, 3.63) is 27.1 Å². The first-order chi connectivity index (χ1) is 9.73. The topological polar surface area (TPSA) is 57.7 Å². The average molecular weight is 442 g/mol. The third-order valence-electron chi connectivity index (χ3n) is 3.06. The Labute approximate surface area is 142 Å². The maximum atomic E-state index is 12.5. The van der Waals surface area contributed by atoms with Crippen LogP contribution >= 0.6 is 31.9 Å². The fourth-order valence-electron chi connectivity index (χ4n) is 1.80. The van der Waals surface area contributed by atoms with E-state index in [-0.39, 0.29) is 17.3 Å². The van der Waals surface area contributed by atoms with Gasteiger partial charge in [0.25, 0.3) is 0 Å². The van der Waals surface area contributed by atoms with Crippen LogP contribution in [0.2, 0.25) is 0 Å². The smallest absolute Gasteiger partial charge is 0.244 e. The quantitative estimate of drug-likeness (QED) is 0.681. The highest BCUT2D eigenvalue weighted by Crippen LogP contribution is 2.27. The molecule has 0 heterocycles. The molecule has 0 atom stereocenters. The summed E-state index contributed by atoms with van der Waals surface area (Å²) in [5, 5.41) is 0. The predicted octanol–water partition coefficient (Wildman–Crippen LogP) is 2.70. The second-order valence-electron chi connectivity index (χ2n) is 4.40. The van der Waals surface area contributed by atoms with Crippen molar-refractivity contribution in [1.82, 2.24) is 9.21 Å². The third kappa shape index (κ3) is 4.51. The van der Waals surface area contributed by atoms with Crippen molar-refractivity contribution in [2.24, 2.45) is 0 Å². The van der Waals surface area contributed by atoms with Gasteiger partial charge in [-0.25, -0.2) is 8.42 Å². The molecule has 0 aliphatic heterocycles. The Morgan fingerprint density at radius 2 is 1.76 bits per heavy atom. The second kappa shape index (κ2) is 7.71. The molecule has 5 nitrogen and oxygen atoms in total. The zero-order valence-corrected chi connectivity index (χ0v) is 16.1. The molecule has 1 rings (SSSR count). The lowest BCUT2D eigenvalue weighted by atomic mass is 10.4. The molecule has 0 aliphatic carbocycles. The number of halogens is 2. The van der Waals surface area contributed by atoms with E-state index >= 15 is 0 Å². The van der Waals surface area contributed by atoms with Crippen molar-refractivity contribution in [2.45, 2.75) is 18.7 Å². The van der Waals surface area contributed by atoms with E-state index in [1.165, 1.54) is 13.1 Å². The van der Waals surface area contributed by atoms with E-state index in [2.05, 4.69) is 31.9 Å². The number of hydrogen-bond donors (Lipinski definition) is 0. The Bertz CT molecular complexity index is 616. The van der Waals surface area contributed by atoms with Gasteiger partial charge in [0.1, 0.15) is 0 Å². The summed E-state index contributed by atoms with van der Waals surface area (Å²) in [6, 6.07) is 4.81. The van der Waals surface area contributed by atoms with Crippen LogP contribution in [0.4, 0.5) is 0 Å². The molecule has 0 spiro atoms. The highest BCUT2D eigenvalue weighted by Gasteiger charge is 2.26. The van der Waals surface area contributed by atoms with Gasteiger partial charge in [-0.3, -0.25) is 4.79 Å². The second-order valence-corrected chi connectivity index (χ2v) is 8.19. The van der Waals surface area contributed by atoms with Crippen molar-refractivity contribution >= 4 is 47.8 Å². The summed E-state index contributed by atoms with van der Waals surface area (Å²) in [7, 11) is -2.31. The summed E-state index contributed by atoms with van der Waals surface area (Å²) in [6.45, 7) is 4.67. The highest BCUT2D eigenvalue weighted by atomic mass is 79.9. The number of carbonyl (C=O) groups excluding carboxylic acids is 1. The van der Waals surface area contributed by atoms with Crippen LogP contribution in [0.15, 0.2) is 32.0 Å². The Morgan fingerprint density at radius 3 is 2.24 bits per heavy atom. The summed E-state index contributed by atoms with van der Waals surface area (Å²) in [5.74, 6) is -0.209. The average Bonchev–Trinajstić information content (AvgIpc) is 2.39. The van der Waals surface area contributed by atoms with E-state index in [1.54, 1.807) is 17.0 Å². The van der Waals surface area contributed by atoms with Crippen molar-refractivity contribution < 1.29 is 13.2 Å². The van der Waals surface area contributed by atoms with Crippen LogP contribution in [-0.2, 0) is 14.8 Å². The van der Waals surface area contributed by atoms with E-state index in [9.17, 15) is 13.2 Å². The van der Waals surface area contributed by atoms with Gasteiger partial charge < -0.3 is 4.90 Å². The van der Waals surface area contributed by atoms with Crippen molar-refractivity contribution in [3.63, 3.8) is 0 Å². The molecule has 1 aromatic rings. The van der Waals surface area contributed by atoms with Gasteiger partial charge in [0.05, 0.1) is 11.4 Å². The van der Waals surface area contributed by atoms with Crippen LogP contribution in [-0.4, -0.2) is 50.2 Å². The Balaban J connectivity index is 2.99. The van der Waals surface area contributed by atoms with Crippen LogP contribution in [0, 0.1) is 0 Å². The summed E-state index contributed by atoms with van der Waals surface area (Å²) in [4.78, 5) is 13.8. The van der Waals surface area contributed by atoms with Crippen molar-refractivity contribution in [1.29, 1.82) is 0 Å². The molecular weight excluding hydrogens is 424 g/mol. The van der Waals surface area contributed by atoms with E-state index in [0.29, 0.717) is 17.6 Å². The van der Waals surface area contributed by atoms with Gasteiger partial charge in [-0.05, 0) is 48.0 Å². The number of rotatable bonds is 6. The minimum atomic E-state index is -3.71. The first-order valence-electron chi connectivity index (χ1n) is 6.43. The monoisotopic (exact) mass is 440 g/mol. The van der Waals surface area contributed by atoms with Crippen LogP contribution in [0.5, 0.6) is 0 Å². The van der Waals surface area contributed by atoms with Gasteiger partial charge in [-0.1, -0.05) is 15.9 Å². The number of likely N-dealkylation sites (N-methyl/N-ethyl adjacent to an activating group) is 2. The maximum absolute atomic E-state index is 12.5. The fourth-order valence-corrected chi connectivity index (χ4v) is 4.63. The number of nitrogens with zero attached hydrogens (tertiary/aromatic N) is 2. The molecule has 0 unspecified atom stereocenters. The molecule has 0 saturated carbocycles. The molecule has 0 N–H and O–H groups in total. The van der Waals surface area contributed by atoms with Crippen LogP contribution in [0.1, 0.15) is 13.8 Å². The molecule has 21 heavy (non-hydrogen) atoms. The summed E-state index contributed by atoms with van der Waals surface area (Å²) >= 11 is 6.52. The van der Waals surface area contributed by atoms with Gasteiger partial charge in [0, 0.05) is 29.1 Å². The van der Waals surface area contributed by atoms with Gasteiger partial charge in [-0.2, -0.15) is 4.31 Å². The summed E-state index contributed by atoms with van der Waals surface area (Å²) in [6.07, 6.45) is 0. The molecular formula is C13H18Br2N2O3S. The molecule has 0 saturated heterocycles. The number of sulfonamides is 1. The number of carbonyl (C=O) groups is 1. The summed E-state index contributed by atoms with van der Waals surface area (Å²) in [5.41, 5.74) is 0. The molecule has 0 aliphatic rings. The Kier molecular flexibility index (Phi) is 6.83. The SMILES string of the molecule is CCN(CC)C(=O)CN(C)S(=O)(=O)c1ccc(Br)cc1Br. The van der Waals surface area contributed by atoms with Crippen molar-refractivity contribution in [2.75, 3.05) is 26.7 Å². The molecule has 0 bridgehead atoms. The largest absolute Gasteiger partial charge is 0.342 e. The fraction of sp³-hybridized carbons (Fsp3) is 0.462. The number of benzene rings is 1. The zero-order valence-electron chi connectivity index (χ0n) is 12.1. The number of amides is 1. The lowest BCUT2D eigenvalue weighted by Crippen LogP contribution is -2.41. The zero-order chi connectivity index (χ0) is 16.2. The molecule has 0 fully saturated rings. The minimum Gasteiger partial charge on any atom is -0.342 e. The van der Waals surface area contributed by atoms with E-state index < -0.39 is 10.0 Å². The Morgan fingerprint density at radius 1 is 1.19 bits per heavy atom. The predicted molar refractivity (Wildman–Crippen MR) is 89.6 cm³/mol. The molecule has 0 aromatic heterocycles. The lowest BCUT2D eigenvalue weighted by molar-refractivity contribution is -0.130. The third-order valence-corrected chi connectivity index (χ3v) is 6.33. The van der Waals surface area contributed by atoms with Gasteiger partial charge >= 0.3 is 0 Å². The molecule has 1 amide bonds. The lowest BCUT2D eigenvalue weighted by Gasteiger charge is -2.23. The standard InChI is InChI=1S/C13H18Br2N2O3S/c1-4-17(5-2)13(18)9-16(3)21(19,20)12-7-6-10(14)8-11(12)15/h6-8H,4-5,9H2,1-3H3. The molecule has 0 radical (unpaired) electrons. The summed E-state index contributed by atoms with van der Waals surface area (Å²) < 4.78 is 27.3. The van der Waals surface area contributed by atoms with E-state index in [4.69, 9.17) is 0 Å². The van der Waals surface area contributed by atoms with Gasteiger partial charge in [0.2, 0.25) is 15.9 Å². The van der Waals surface area contributed by atoms with Crippen LogP contribution < -0.4 is 0 Å². The van der Waals surface area contributed by atoms with Gasteiger partial charge in [-0.15, -0.1) is 0 Å². The molecule has 8 heteroatoms. The molecule has 118 valence electrons. The first-order valence-corrected chi connectivity index (χ1v) is 9.45.